The van der Waals surface area contributed by atoms with Gasteiger partial charge in [-0.05, 0) is 57.9 Å². The van der Waals surface area contributed by atoms with Crippen LogP contribution in [0.5, 0.6) is 0 Å². The molecule has 0 unspecified atom stereocenters. The number of nitrogens with zero attached hydrogens (tertiary/aromatic N) is 3. The van der Waals surface area contributed by atoms with E-state index in [1.807, 2.05) is 20.8 Å². The van der Waals surface area contributed by atoms with Crippen molar-refractivity contribution in [3.05, 3.63) is 34.2 Å². The van der Waals surface area contributed by atoms with E-state index in [0.717, 1.165) is 34.2 Å². The van der Waals surface area contributed by atoms with Crippen LogP contribution in [0, 0.1) is 41.5 Å². The van der Waals surface area contributed by atoms with Crippen LogP contribution in [-0.2, 0) is 17.1 Å². The molecule has 6 nitrogen and oxygen atoms in total. The van der Waals surface area contributed by atoms with E-state index in [-0.39, 0.29) is 36.2 Å². The number of aromatic amines is 3. The largest absolute Gasteiger partial charge is 0.283 e. The Hall–Kier alpha value is -1.50. The summed E-state index contributed by atoms with van der Waals surface area (Å²) in [5, 5.41) is 22.5. The summed E-state index contributed by atoms with van der Waals surface area (Å²) in [5.74, 6) is 0. The van der Waals surface area contributed by atoms with Crippen LogP contribution in [0.4, 0.5) is 0 Å². The van der Waals surface area contributed by atoms with Crippen LogP contribution in [0.2, 0.25) is 0 Å². The third kappa shape index (κ3) is 3.18. The molecule has 0 aliphatic heterocycles. The quantitative estimate of drug-likeness (QED) is 0.576. The monoisotopic (exact) mass is 388 g/mol. The smallest absolute Gasteiger partial charge is 0.255 e. The van der Waals surface area contributed by atoms with Gasteiger partial charge in [0.1, 0.15) is 0 Å². The van der Waals surface area contributed by atoms with Crippen molar-refractivity contribution in [2.24, 2.45) is 0 Å². The predicted octanol–water partition coefficient (Wildman–Crippen LogP) is 0.642. The number of aromatic nitrogens is 6. The van der Waals surface area contributed by atoms with Crippen LogP contribution in [0.1, 0.15) is 34.2 Å². The van der Waals surface area contributed by atoms with Crippen LogP contribution in [0.15, 0.2) is 0 Å². The molecule has 24 heavy (non-hydrogen) atoms. The summed E-state index contributed by atoms with van der Waals surface area (Å²) in [6.07, 6.45) is 0. The maximum atomic E-state index is 4.39. The molecule has 0 atom stereocenters. The molecule has 0 radical (unpaired) electrons. The van der Waals surface area contributed by atoms with Crippen molar-refractivity contribution in [1.29, 1.82) is 0 Å². The van der Waals surface area contributed by atoms with E-state index in [9.17, 15) is 0 Å². The van der Waals surface area contributed by atoms with Gasteiger partial charge in [0.2, 0.25) is 0 Å². The van der Waals surface area contributed by atoms with Gasteiger partial charge in [-0.2, -0.15) is 15.3 Å². The number of nitrogens with one attached hydrogen (secondary N) is 3. The molecule has 0 fully saturated rings. The van der Waals surface area contributed by atoms with Crippen molar-refractivity contribution in [3.8, 4) is 0 Å². The summed E-state index contributed by atoms with van der Waals surface area (Å²) in [7, 11) is 0. The maximum absolute atomic E-state index is 4.39. The average Bonchev–Trinajstić information content (AvgIpc) is 3.08. The van der Waals surface area contributed by atoms with Gasteiger partial charge in [-0.1, -0.05) is 0 Å². The van der Waals surface area contributed by atoms with E-state index in [2.05, 4.69) is 51.4 Å². The van der Waals surface area contributed by atoms with Gasteiger partial charge in [0.05, 0.1) is 17.1 Å². The Bertz CT molecular complexity index is 669. The minimum atomic E-state index is 0. The summed E-state index contributed by atoms with van der Waals surface area (Å²) in [6.45, 7) is 12.4. The fraction of sp³-hybridized carbons (Fsp3) is 0.400. The first-order valence-electron chi connectivity index (χ1n) is 7.46. The molecule has 0 spiro atoms. The number of aryl methyl sites for hydroxylation is 6. The first-order valence-corrected chi connectivity index (χ1v) is 7.46. The van der Waals surface area contributed by atoms with E-state index in [0.29, 0.717) is 0 Å². The van der Waals surface area contributed by atoms with Gasteiger partial charge >= 0.3 is 0 Å². The van der Waals surface area contributed by atoms with Gasteiger partial charge in [-0.3, -0.25) is 15.3 Å². The van der Waals surface area contributed by atoms with Crippen molar-refractivity contribution in [1.82, 2.24) is 30.6 Å². The average molecular weight is 388 g/mol. The van der Waals surface area contributed by atoms with E-state index in [4.69, 9.17) is 0 Å². The maximum Gasteiger partial charge on any atom is 0.255 e. The Balaban J connectivity index is 0.00000144. The number of rotatable bonds is 3. The summed E-state index contributed by atoms with van der Waals surface area (Å²) in [6, 6.07) is 0. The fourth-order valence-electron chi connectivity index (χ4n) is 3.39. The molecule has 3 aromatic heterocycles. The number of H-pyrrole nitrogens is 3. The zero-order chi connectivity index (χ0) is 16.0. The topological polar surface area (TPSA) is 86.0 Å². The number of hydrogen-bond donors (Lipinski definition) is 3. The Morgan fingerprint density at radius 2 is 0.833 bits per heavy atom. The zero-order valence-electron chi connectivity index (χ0n) is 14.7. The molecule has 130 valence electrons. The first-order chi connectivity index (χ1) is 10.4. The molecule has 0 bridgehead atoms. The van der Waals surface area contributed by atoms with Crippen molar-refractivity contribution in [2.45, 2.75) is 41.5 Å². The molecule has 9 heteroatoms. The Morgan fingerprint density at radius 3 is 1.00 bits per heavy atom. The molecule has 3 aromatic rings. The van der Waals surface area contributed by atoms with Crippen LogP contribution in [0.25, 0.3) is 0 Å². The van der Waals surface area contributed by atoms with Gasteiger partial charge in [-0.15, -0.1) is 12.4 Å². The standard InChI is InChI=1S/C15H21BN6.ClH.Fe/c1-7-13(8(2)18-17-7)16(14-9(3)19-20-10(14)4)15-11(5)21-22-12(15)6;;/h1-6H3,(H,17,18)(H,19,20)(H,21,22);1H;. The van der Waals surface area contributed by atoms with Crippen molar-refractivity contribution in [3.63, 3.8) is 0 Å². The van der Waals surface area contributed by atoms with Gasteiger partial charge in [0, 0.05) is 34.2 Å². The Labute approximate surface area is 158 Å². The van der Waals surface area contributed by atoms with Crippen molar-refractivity contribution < 1.29 is 17.1 Å². The van der Waals surface area contributed by atoms with Gasteiger partial charge in [-0.25, -0.2) is 0 Å². The third-order valence-corrected chi connectivity index (χ3v) is 4.42. The molecule has 0 aliphatic rings. The summed E-state index contributed by atoms with van der Waals surface area (Å²) < 4.78 is 0. The second-order valence-corrected chi connectivity index (χ2v) is 5.98. The first kappa shape index (κ1) is 20.5. The van der Waals surface area contributed by atoms with Crippen LogP contribution >= 0.6 is 12.4 Å². The van der Waals surface area contributed by atoms with Gasteiger partial charge in [0.25, 0.3) is 6.71 Å². The van der Waals surface area contributed by atoms with Crippen LogP contribution in [0.3, 0.4) is 0 Å². The van der Waals surface area contributed by atoms with Gasteiger partial charge in [0.15, 0.2) is 0 Å². The molecule has 3 N–H and O–H groups in total. The molecule has 0 saturated carbocycles. The number of hydrogen-bond acceptors (Lipinski definition) is 3. The fourth-order valence-corrected chi connectivity index (χ4v) is 3.39. The van der Waals surface area contributed by atoms with Gasteiger partial charge < -0.3 is 0 Å². The second-order valence-electron chi connectivity index (χ2n) is 5.98. The summed E-state index contributed by atoms with van der Waals surface area (Å²) >= 11 is 0. The second kappa shape index (κ2) is 7.59. The Kier molecular flexibility index (Phi) is 6.50. The third-order valence-electron chi connectivity index (χ3n) is 4.42. The van der Waals surface area contributed by atoms with Crippen LogP contribution in [-0.4, -0.2) is 37.3 Å². The minimum absolute atomic E-state index is 0. The molecule has 0 aliphatic carbocycles. The van der Waals surface area contributed by atoms with E-state index < -0.39 is 0 Å². The van der Waals surface area contributed by atoms with Crippen molar-refractivity contribution >= 4 is 35.5 Å². The minimum Gasteiger partial charge on any atom is -0.283 e. The summed E-state index contributed by atoms with van der Waals surface area (Å²) in [4.78, 5) is 0. The van der Waals surface area contributed by atoms with Crippen molar-refractivity contribution in [2.75, 3.05) is 0 Å². The SMILES string of the molecule is Cc1n[nH]c(C)c1B(c1c(C)n[nH]c1C)c1c(C)n[nH]c1C.Cl.[Fe]. The summed E-state index contributed by atoms with van der Waals surface area (Å²) in [5.41, 5.74) is 9.93. The Morgan fingerprint density at radius 1 is 0.583 bits per heavy atom. The van der Waals surface area contributed by atoms with E-state index in [1.165, 1.54) is 16.4 Å². The van der Waals surface area contributed by atoms with E-state index >= 15 is 0 Å². The molecule has 3 rings (SSSR count). The normalized spacial score (nSPS) is 10.2. The predicted molar refractivity (Wildman–Crippen MR) is 96.1 cm³/mol. The molecule has 3 heterocycles. The molecule has 0 amide bonds. The number of halogens is 1. The molecule has 0 aromatic carbocycles. The molecular weight excluding hydrogens is 366 g/mol. The van der Waals surface area contributed by atoms with Crippen LogP contribution < -0.4 is 16.4 Å². The van der Waals surface area contributed by atoms with E-state index in [1.54, 1.807) is 0 Å². The zero-order valence-corrected chi connectivity index (χ0v) is 16.6. The molecular formula is C15H22BClFeN6. The molecule has 0 saturated heterocycles.